The quantitative estimate of drug-likeness (QED) is 0.713. The molecule has 0 amide bonds. The van der Waals surface area contributed by atoms with Crippen LogP contribution in [0.1, 0.15) is 37.3 Å². The van der Waals surface area contributed by atoms with Gasteiger partial charge in [0.25, 0.3) is 0 Å². The third-order valence-corrected chi connectivity index (χ3v) is 7.27. The molecular weight excluding hydrogens is 332 g/mol. The summed E-state index contributed by atoms with van der Waals surface area (Å²) in [6.45, 7) is 4.42. The average Bonchev–Trinajstić information content (AvgIpc) is 3.01. The van der Waals surface area contributed by atoms with E-state index in [1.54, 1.807) is 0 Å². The van der Waals surface area contributed by atoms with Crippen molar-refractivity contribution in [3.05, 3.63) is 82.9 Å². The van der Waals surface area contributed by atoms with Crippen LogP contribution < -0.4 is 0 Å². The van der Waals surface area contributed by atoms with E-state index in [0.717, 1.165) is 0 Å². The normalized spacial score (nSPS) is 36.5. The van der Waals surface area contributed by atoms with Gasteiger partial charge in [-0.05, 0) is 36.8 Å². The van der Waals surface area contributed by atoms with Gasteiger partial charge in [-0.25, -0.2) is 0 Å². The number of hydrogen-bond donors (Lipinski definition) is 0. The van der Waals surface area contributed by atoms with Gasteiger partial charge in [0, 0.05) is 31.3 Å². The van der Waals surface area contributed by atoms with Crippen molar-refractivity contribution in [1.82, 2.24) is 0 Å². The molecule has 0 saturated heterocycles. The van der Waals surface area contributed by atoms with E-state index in [2.05, 4.69) is 68.4 Å². The smallest absolute Gasteiger partial charge is 0.137 e. The molecule has 0 unspecified atom stereocenters. The molecule has 3 aliphatic carbocycles. The highest BCUT2D eigenvalue weighted by molar-refractivity contribution is 5.88. The van der Waals surface area contributed by atoms with Crippen molar-refractivity contribution in [2.45, 2.75) is 31.8 Å². The van der Waals surface area contributed by atoms with E-state index in [1.165, 1.54) is 22.3 Å². The minimum absolute atomic E-state index is 0.0882. The Labute approximate surface area is 161 Å². The molecule has 0 aliphatic heterocycles. The van der Waals surface area contributed by atoms with Crippen molar-refractivity contribution >= 4 is 5.78 Å². The summed E-state index contributed by atoms with van der Waals surface area (Å²) < 4.78 is 6.19. The number of hydrogen-bond acceptors (Lipinski definition) is 2. The van der Waals surface area contributed by atoms with Crippen LogP contribution in [0.3, 0.4) is 0 Å². The van der Waals surface area contributed by atoms with Crippen molar-refractivity contribution in [2.24, 2.45) is 23.7 Å². The highest BCUT2D eigenvalue weighted by Gasteiger charge is 2.79. The number of allylic oxidation sites excluding steroid dienone is 1. The Hall–Kier alpha value is -2.19. The first-order chi connectivity index (χ1) is 13.1. The average molecular weight is 358 g/mol. The standard InChI is InChI=1S/C25H26O2/c1-15(2)20-21-18(16-10-6-4-7-11-16)14-19(26)22(21)24-23(20)25(24,27-3)17-12-8-5-9-13-17/h4-13,18,21-24H,14H2,1-3H3/t18-,21+,22+,23+,24-,25+/m0/s1. The molecule has 27 heavy (non-hydrogen) atoms. The number of fused-ring (bicyclic) bond motifs is 3. The minimum atomic E-state index is -0.323. The van der Waals surface area contributed by atoms with Gasteiger partial charge in [0.05, 0.1) is 0 Å². The fourth-order valence-corrected chi connectivity index (χ4v) is 6.38. The minimum Gasteiger partial charge on any atom is -0.373 e. The first-order valence-corrected chi connectivity index (χ1v) is 9.97. The predicted molar refractivity (Wildman–Crippen MR) is 106 cm³/mol. The third-order valence-electron chi connectivity index (χ3n) is 7.27. The fourth-order valence-electron chi connectivity index (χ4n) is 6.38. The van der Waals surface area contributed by atoms with E-state index >= 15 is 0 Å². The molecule has 0 spiro atoms. The van der Waals surface area contributed by atoms with Crippen LogP contribution in [-0.2, 0) is 15.1 Å². The van der Waals surface area contributed by atoms with Gasteiger partial charge in [-0.3, -0.25) is 4.79 Å². The lowest BCUT2D eigenvalue weighted by Gasteiger charge is -2.30. The van der Waals surface area contributed by atoms with Gasteiger partial charge in [-0.15, -0.1) is 0 Å². The number of benzene rings is 2. The molecule has 2 nitrogen and oxygen atoms in total. The maximum atomic E-state index is 13.2. The zero-order valence-electron chi connectivity index (χ0n) is 16.2. The van der Waals surface area contributed by atoms with Gasteiger partial charge in [0.1, 0.15) is 11.4 Å². The molecule has 2 heteroatoms. The largest absolute Gasteiger partial charge is 0.373 e. The summed E-state index contributed by atoms with van der Waals surface area (Å²) in [6, 6.07) is 21.1. The van der Waals surface area contributed by atoms with Gasteiger partial charge in [-0.2, -0.15) is 0 Å². The molecule has 5 rings (SSSR count). The molecule has 2 aromatic carbocycles. The number of carbonyl (C=O) groups is 1. The van der Waals surface area contributed by atoms with Gasteiger partial charge in [-0.1, -0.05) is 71.8 Å². The molecule has 0 radical (unpaired) electrons. The highest BCUT2D eigenvalue weighted by atomic mass is 16.5. The Balaban J connectivity index is 1.62. The van der Waals surface area contributed by atoms with Crippen LogP contribution in [0.25, 0.3) is 0 Å². The lowest BCUT2D eigenvalue weighted by Crippen LogP contribution is -2.28. The third kappa shape index (κ3) is 2.14. The molecular formula is C25H26O2. The monoisotopic (exact) mass is 358 g/mol. The molecule has 6 atom stereocenters. The lowest BCUT2D eigenvalue weighted by molar-refractivity contribution is -0.122. The maximum Gasteiger partial charge on any atom is 0.137 e. The first-order valence-electron chi connectivity index (χ1n) is 9.97. The summed E-state index contributed by atoms with van der Waals surface area (Å²) in [6.07, 6.45) is 0.661. The predicted octanol–water partition coefficient (Wildman–Crippen LogP) is 5.11. The molecule has 0 N–H and O–H groups in total. The van der Waals surface area contributed by atoms with Gasteiger partial charge >= 0.3 is 0 Å². The van der Waals surface area contributed by atoms with Gasteiger partial charge in [0.15, 0.2) is 0 Å². The first kappa shape index (κ1) is 16.9. The van der Waals surface area contributed by atoms with E-state index in [0.29, 0.717) is 30.0 Å². The molecule has 0 bridgehead atoms. The zero-order valence-corrected chi connectivity index (χ0v) is 16.2. The number of methoxy groups -OCH3 is 1. The zero-order chi connectivity index (χ0) is 18.8. The molecule has 138 valence electrons. The Morgan fingerprint density at radius 2 is 1.59 bits per heavy atom. The van der Waals surface area contributed by atoms with Crippen LogP contribution in [-0.4, -0.2) is 12.9 Å². The van der Waals surface area contributed by atoms with Crippen molar-refractivity contribution in [3.8, 4) is 0 Å². The maximum absolute atomic E-state index is 13.2. The number of Topliss-reactive ketones (excluding diaryl/α,β-unsaturated/α-hetero) is 1. The van der Waals surface area contributed by atoms with Crippen LogP contribution in [0.15, 0.2) is 71.8 Å². The topological polar surface area (TPSA) is 26.3 Å². The van der Waals surface area contributed by atoms with Gasteiger partial charge in [0.2, 0.25) is 0 Å². The number of ether oxygens (including phenoxy) is 1. The van der Waals surface area contributed by atoms with Crippen molar-refractivity contribution in [1.29, 1.82) is 0 Å². The Morgan fingerprint density at radius 1 is 0.963 bits per heavy atom. The lowest BCUT2D eigenvalue weighted by atomic mass is 9.76. The number of carbonyl (C=O) groups excluding carboxylic acids is 1. The number of ketones is 1. The van der Waals surface area contributed by atoms with Crippen LogP contribution in [0, 0.1) is 23.7 Å². The second-order valence-corrected chi connectivity index (χ2v) is 8.56. The van der Waals surface area contributed by atoms with Crippen LogP contribution >= 0.6 is 0 Å². The molecule has 3 saturated carbocycles. The van der Waals surface area contributed by atoms with E-state index in [-0.39, 0.29) is 17.4 Å². The van der Waals surface area contributed by atoms with Crippen LogP contribution in [0.4, 0.5) is 0 Å². The number of rotatable bonds is 3. The second-order valence-electron chi connectivity index (χ2n) is 8.56. The van der Waals surface area contributed by atoms with Crippen molar-refractivity contribution < 1.29 is 9.53 Å². The van der Waals surface area contributed by atoms with Crippen LogP contribution in [0.2, 0.25) is 0 Å². The summed E-state index contributed by atoms with van der Waals surface area (Å²) >= 11 is 0. The SMILES string of the molecule is CO[C@@]1(c2ccccc2)[C@H]2[C@@H]3C(=O)C[C@@H](c4ccccc4)[C@@H]3C(=C(C)C)[C@H]21. The Morgan fingerprint density at radius 3 is 2.19 bits per heavy atom. The summed E-state index contributed by atoms with van der Waals surface area (Å²) in [7, 11) is 1.82. The van der Waals surface area contributed by atoms with Crippen LogP contribution in [0.5, 0.6) is 0 Å². The highest BCUT2D eigenvalue weighted by Crippen LogP contribution is 2.77. The van der Waals surface area contributed by atoms with E-state index in [4.69, 9.17) is 4.74 Å². The fraction of sp³-hybridized carbons (Fsp3) is 0.400. The second kappa shape index (κ2) is 5.90. The van der Waals surface area contributed by atoms with E-state index in [9.17, 15) is 4.79 Å². The van der Waals surface area contributed by atoms with Crippen molar-refractivity contribution in [2.75, 3.05) is 7.11 Å². The summed E-state index contributed by atoms with van der Waals surface area (Å²) in [5, 5.41) is 0. The molecule has 0 aromatic heterocycles. The van der Waals surface area contributed by atoms with Gasteiger partial charge < -0.3 is 4.74 Å². The summed E-state index contributed by atoms with van der Waals surface area (Å²) in [5.74, 6) is 1.78. The summed E-state index contributed by atoms with van der Waals surface area (Å²) in [4.78, 5) is 13.2. The summed E-state index contributed by atoms with van der Waals surface area (Å²) in [5.41, 5.74) is 5.05. The molecule has 2 aromatic rings. The Kier molecular flexibility index (Phi) is 3.70. The van der Waals surface area contributed by atoms with Crippen molar-refractivity contribution in [3.63, 3.8) is 0 Å². The molecule has 3 fully saturated rings. The van der Waals surface area contributed by atoms with E-state index < -0.39 is 0 Å². The Bertz CT molecular complexity index is 910. The van der Waals surface area contributed by atoms with E-state index in [1.807, 2.05) is 13.2 Å². The molecule has 3 aliphatic rings. The molecule has 0 heterocycles.